The number of carbonyl (C=O) groups is 3. The molecule has 6 aliphatic rings. The third kappa shape index (κ3) is 7.23. The molecular formula is C45H54F2N12O5. The van der Waals surface area contributed by atoms with Gasteiger partial charge in [0.15, 0.2) is 11.3 Å². The maximum Gasteiger partial charge on any atom is 0.329 e. The summed E-state index contributed by atoms with van der Waals surface area (Å²) in [5, 5.41) is 13.7. The number of alkyl halides is 2. The number of aryl methyl sites for hydroxylation is 1. The number of imide groups is 1. The topological polar surface area (TPSA) is 169 Å². The van der Waals surface area contributed by atoms with Crippen molar-refractivity contribution in [3.05, 3.63) is 64.6 Å². The first-order valence-electron chi connectivity index (χ1n) is 22.9. The molecule has 19 heteroatoms. The predicted octanol–water partition coefficient (Wildman–Crippen LogP) is 4.84. The highest BCUT2D eigenvalue weighted by Crippen LogP contribution is 2.44. The summed E-state index contributed by atoms with van der Waals surface area (Å²) in [7, 11) is 1.76. The Morgan fingerprint density at radius 3 is 2.50 bits per heavy atom. The number of hydrogen-bond donors (Lipinski definition) is 2. The van der Waals surface area contributed by atoms with E-state index in [0.29, 0.717) is 30.1 Å². The molecule has 5 aliphatic heterocycles. The first kappa shape index (κ1) is 41.0. The molecule has 0 radical (unpaired) electrons. The lowest BCUT2D eigenvalue weighted by molar-refractivity contribution is -0.135. The molecule has 6 fully saturated rings. The molecule has 1 aliphatic carbocycles. The Bertz CT molecular complexity index is 2680. The van der Waals surface area contributed by atoms with Crippen LogP contribution in [0.15, 0.2) is 47.7 Å². The molecule has 2 unspecified atom stereocenters. The second-order valence-corrected chi connectivity index (χ2v) is 19.1. The fourth-order valence-corrected chi connectivity index (χ4v) is 11.7. The molecule has 2 bridgehead atoms. The second kappa shape index (κ2) is 16.1. The van der Waals surface area contributed by atoms with Crippen LogP contribution in [0.5, 0.6) is 0 Å². The van der Waals surface area contributed by atoms with E-state index >= 15 is 0 Å². The van der Waals surface area contributed by atoms with Crippen LogP contribution < -0.4 is 26.1 Å². The van der Waals surface area contributed by atoms with Gasteiger partial charge < -0.3 is 24.8 Å². The van der Waals surface area contributed by atoms with Crippen LogP contribution in [0.3, 0.4) is 0 Å². The predicted molar refractivity (Wildman–Crippen MR) is 233 cm³/mol. The summed E-state index contributed by atoms with van der Waals surface area (Å²) in [6.45, 7) is 6.30. The molecule has 1 saturated carbocycles. The SMILES string of the molecule is Cn1c(=O)n(C2CCC(=O)NC2=O)c2cccc(N3CCC4(CCN(CC5CCC(n6cc(NC(=O)c7cnn8ccc(N9CC%10C[C@@H]9CO%10)nc78)c(C(F)F)n6)CC5)CC4)CC3)c21. The number of piperidine rings is 3. The number of imidazole rings is 1. The summed E-state index contributed by atoms with van der Waals surface area (Å²) in [6.07, 6.45) is 11.6. The van der Waals surface area contributed by atoms with Crippen LogP contribution in [-0.4, -0.2) is 114 Å². The summed E-state index contributed by atoms with van der Waals surface area (Å²) in [4.78, 5) is 63.6. The van der Waals surface area contributed by atoms with E-state index in [-0.39, 0.29) is 52.9 Å². The van der Waals surface area contributed by atoms with E-state index in [9.17, 15) is 28.0 Å². The summed E-state index contributed by atoms with van der Waals surface area (Å²) >= 11 is 0. The van der Waals surface area contributed by atoms with Gasteiger partial charge in [0, 0.05) is 52.0 Å². The van der Waals surface area contributed by atoms with Gasteiger partial charge in [-0.05, 0) is 107 Å². The van der Waals surface area contributed by atoms with Crippen LogP contribution in [-0.2, 0) is 21.4 Å². The van der Waals surface area contributed by atoms with Crippen molar-refractivity contribution in [1.82, 2.24) is 43.7 Å². The highest BCUT2D eigenvalue weighted by Gasteiger charge is 2.41. The van der Waals surface area contributed by atoms with Gasteiger partial charge in [0.2, 0.25) is 11.8 Å². The molecule has 11 rings (SSSR count). The quantitative estimate of drug-likeness (QED) is 0.195. The number of benzene rings is 1. The zero-order valence-corrected chi connectivity index (χ0v) is 36.0. The number of hydrogen-bond acceptors (Lipinski definition) is 11. The van der Waals surface area contributed by atoms with Crippen molar-refractivity contribution in [2.24, 2.45) is 18.4 Å². The number of likely N-dealkylation sites (tertiary alicyclic amines) is 1. The minimum Gasteiger partial charge on any atom is -0.374 e. The molecular weight excluding hydrogens is 827 g/mol. The number of fused-ring (bicyclic) bond motifs is 4. The van der Waals surface area contributed by atoms with Gasteiger partial charge in [-0.1, -0.05) is 6.07 Å². The van der Waals surface area contributed by atoms with Crippen LogP contribution in [0, 0.1) is 11.3 Å². The molecule has 5 aromatic rings. The van der Waals surface area contributed by atoms with Crippen molar-refractivity contribution in [3.8, 4) is 0 Å². The maximum atomic E-state index is 14.4. The Balaban J connectivity index is 0.681. The van der Waals surface area contributed by atoms with Gasteiger partial charge in [0.1, 0.15) is 17.4 Å². The summed E-state index contributed by atoms with van der Waals surface area (Å²) in [5.41, 5.74) is 2.70. The van der Waals surface area contributed by atoms with Gasteiger partial charge in [-0.3, -0.25) is 33.5 Å². The fraction of sp³-hybridized carbons (Fsp3) is 0.578. The number of halogens is 2. The number of amides is 3. The monoisotopic (exact) mass is 880 g/mol. The molecule has 4 aromatic heterocycles. The third-order valence-electron chi connectivity index (χ3n) is 15.4. The average molecular weight is 881 g/mol. The van der Waals surface area contributed by atoms with Gasteiger partial charge in [-0.2, -0.15) is 10.2 Å². The van der Waals surface area contributed by atoms with Gasteiger partial charge in [-0.15, -0.1) is 0 Å². The zero-order chi connectivity index (χ0) is 43.9. The van der Waals surface area contributed by atoms with Crippen molar-refractivity contribution in [2.75, 3.05) is 61.0 Å². The van der Waals surface area contributed by atoms with Crippen LogP contribution >= 0.6 is 0 Å². The van der Waals surface area contributed by atoms with E-state index in [0.717, 1.165) is 114 Å². The van der Waals surface area contributed by atoms with Crippen LogP contribution in [0.1, 0.15) is 105 Å². The van der Waals surface area contributed by atoms with Gasteiger partial charge in [0.05, 0.1) is 53.4 Å². The highest BCUT2D eigenvalue weighted by atomic mass is 19.3. The number of para-hydroxylation sites is 1. The lowest BCUT2D eigenvalue weighted by Crippen LogP contribution is -2.48. The summed E-state index contributed by atoms with van der Waals surface area (Å²) in [5.74, 6) is -0.0370. The molecule has 5 saturated heterocycles. The van der Waals surface area contributed by atoms with Crippen molar-refractivity contribution in [1.29, 1.82) is 0 Å². The molecule has 17 nitrogen and oxygen atoms in total. The summed E-state index contributed by atoms with van der Waals surface area (Å²) in [6, 6.07) is 7.29. The minimum atomic E-state index is -2.85. The Morgan fingerprint density at radius 2 is 1.78 bits per heavy atom. The Morgan fingerprint density at radius 1 is 1.00 bits per heavy atom. The van der Waals surface area contributed by atoms with Crippen molar-refractivity contribution >= 4 is 51.6 Å². The first-order chi connectivity index (χ1) is 31.0. The lowest BCUT2D eigenvalue weighted by Gasteiger charge is -2.48. The van der Waals surface area contributed by atoms with Crippen LogP contribution in [0.4, 0.5) is 26.0 Å². The Kier molecular flexibility index (Phi) is 10.3. The van der Waals surface area contributed by atoms with Crippen molar-refractivity contribution in [2.45, 2.75) is 101 Å². The fourth-order valence-electron chi connectivity index (χ4n) is 11.7. The third-order valence-corrected chi connectivity index (χ3v) is 15.4. The van der Waals surface area contributed by atoms with Crippen LogP contribution in [0.25, 0.3) is 16.7 Å². The van der Waals surface area contributed by atoms with E-state index in [1.165, 1.54) is 10.7 Å². The Labute approximate surface area is 367 Å². The van der Waals surface area contributed by atoms with Crippen molar-refractivity contribution in [3.63, 3.8) is 0 Å². The highest BCUT2D eigenvalue weighted by molar-refractivity contribution is 6.08. The number of ether oxygens (including phenoxy) is 1. The molecule has 64 heavy (non-hydrogen) atoms. The van der Waals surface area contributed by atoms with Gasteiger partial charge in [-0.25, -0.2) is 23.1 Å². The largest absolute Gasteiger partial charge is 0.374 e. The number of aromatic nitrogens is 7. The van der Waals surface area contributed by atoms with E-state index in [4.69, 9.17) is 9.72 Å². The molecule has 3 amide bonds. The average Bonchev–Trinajstić information content (AvgIpc) is 4.15. The Hall–Kier alpha value is -5.69. The van der Waals surface area contributed by atoms with E-state index in [2.05, 4.69) is 41.6 Å². The van der Waals surface area contributed by atoms with E-state index in [1.807, 2.05) is 18.2 Å². The number of morpholine rings is 1. The molecule has 9 heterocycles. The smallest absolute Gasteiger partial charge is 0.329 e. The number of rotatable bonds is 9. The minimum absolute atomic E-state index is 0.00579. The molecule has 1 spiro atoms. The molecule has 3 atom stereocenters. The van der Waals surface area contributed by atoms with E-state index < -0.39 is 30.0 Å². The number of nitrogens with one attached hydrogen (secondary N) is 2. The second-order valence-electron chi connectivity index (χ2n) is 19.1. The zero-order valence-electron chi connectivity index (χ0n) is 36.0. The standard InChI is InChI=1S/C45H54F2N12O5/c1-53-39-33(3-2-4-34(39)59(44(53)63)35-9-10-37(60)51-43(35)62)55-19-14-45(15-20-55)12-17-54(18-13-45)23-27-5-7-28(8-6-27)58-25-32(38(52-58)40(46)47)49-42(61)31-22-48-57-16-11-36(50-41(31)57)56-24-30-21-29(56)26-64-30/h2-4,11,16,22,25,27-30,35,40H,5-10,12-15,17-21,23-24,26H2,1H3,(H,49,61)(H,51,60,62)/t27?,28?,29-,30?,35?/m1/s1. The lowest BCUT2D eigenvalue weighted by atomic mass is 9.71. The van der Waals surface area contributed by atoms with Crippen molar-refractivity contribution < 1.29 is 27.9 Å². The summed E-state index contributed by atoms with van der Waals surface area (Å²) < 4.78 is 40.8. The van der Waals surface area contributed by atoms with E-state index in [1.54, 1.807) is 33.3 Å². The van der Waals surface area contributed by atoms with Crippen LogP contribution in [0.2, 0.25) is 0 Å². The first-order valence-corrected chi connectivity index (χ1v) is 22.9. The number of anilines is 3. The normalized spacial score (nSPS) is 26.2. The van der Waals surface area contributed by atoms with Gasteiger partial charge >= 0.3 is 5.69 Å². The molecule has 338 valence electrons. The number of nitrogens with zero attached hydrogens (tertiary/aromatic N) is 10. The van der Waals surface area contributed by atoms with Gasteiger partial charge in [0.25, 0.3) is 12.3 Å². The number of carbonyl (C=O) groups excluding carboxylic acids is 3. The molecule has 1 aromatic carbocycles. The molecule has 2 N–H and O–H groups in total. The maximum absolute atomic E-state index is 14.4.